The molecule has 0 aliphatic heterocycles. The Morgan fingerprint density at radius 2 is 1.59 bits per heavy atom. The van der Waals surface area contributed by atoms with Crippen LogP contribution in [-0.4, -0.2) is 14.2 Å². The van der Waals surface area contributed by atoms with Gasteiger partial charge in [0.2, 0.25) is 0 Å². The van der Waals surface area contributed by atoms with Crippen molar-refractivity contribution >= 4 is 33.0 Å². The van der Waals surface area contributed by atoms with Crippen LogP contribution in [0.4, 0.5) is 0 Å². The Hall–Kier alpha value is -0.250. The first-order valence-electron chi connectivity index (χ1n) is 5.44. The molecule has 17 heavy (non-hydrogen) atoms. The molecule has 0 saturated carbocycles. The van der Waals surface area contributed by atoms with Gasteiger partial charge in [-0.25, -0.2) is 8.42 Å². The summed E-state index contributed by atoms with van der Waals surface area (Å²) >= 11 is 11.6. The normalized spacial score (nSPS) is 11.7. The molecule has 0 aliphatic rings. The minimum Gasteiger partial charge on any atom is -0.224 e. The Labute approximate surface area is 113 Å². The predicted octanol–water partition coefficient (Wildman–Crippen LogP) is 4.16. The molecule has 0 saturated heterocycles. The minimum atomic E-state index is -3.28. The molecule has 0 aliphatic carbocycles. The van der Waals surface area contributed by atoms with Gasteiger partial charge in [0.15, 0.2) is 9.84 Å². The highest BCUT2D eigenvalue weighted by Gasteiger charge is 2.15. The van der Waals surface area contributed by atoms with E-state index in [9.17, 15) is 8.42 Å². The summed E-state index contributed by atoms with van der Waals surface area (Å²) in [6, 6.07) is 4.39. The number of halogens is 2. The highest BCUT2D eigenvalue weighted by molar-refractivity contribution is 7.91. The molecule has 95 valence electrons. The lowest BCUT2D eigenvalue weighted by Gasteiger charge is -2.05. The molecule has 0 heterocycles. The fourth-order valence-corrected chi connectivity index (χ4v) is 3.56. The van der Waals surface area contributed by atoms with E-state index in [1.165, 1.54) is 18.2 Å². The van der Waals surface area contributed by atoms with Gasteiger partial charge in [-0.15, -0.1) is 0 Å². The summed E-state index contributed by atoms with van der Waals surface area (Å²) in [5.74, 6) is 0.129. The van der Waals surface area contributed by atoms with E-state index in [1.807, 2.05) is 0 Å². The van der Waals surface area contributed by atoms with Gasteiger partial charge in [0.1, 0.15) is 0 Å². The number of sulfone groups is 1. The van der Waals surface area contributed by atoms with Gasteiger partial charge in [-0.2, -0.15) is 0 Å². The van der Waals surface area contributed by atoms with E-state index in [0.717, 1.165) is 19.3 Å². The van der Waals surface area contributed by atoms with Crippen molar-refractivity contribution in [3.05, 3.63) is 35.2 Å². The maximum absolute atomic E-state index is 12.0. The first kappa shape index (κ1) is 14.8. The molecular formula is C12H15Cl2O2S. The molecular weight excluding hydrogens is 279 g/mol. The zero-order valence-electron chi connectivity index (χ0n) is 9.46. The van der Waals surface area contributed by atoms with E-state index in [0.29, 0.717) is 16.5 Å². The van der Waals surface area contributed by atoms with Gasteiger partial charge in [-0.1, -0.05) is 49.4 Å². The van der Waals surface area contributed by atoms with E-state index < -0.39 is 9.84 Å². The van der Waals surface area contributed by atoms with Gasteiger partial charge in [0.25, 0.3) is 0 Å². The molecule has 0 aromatic heterocycles. The zero-order chi connectivity index (χ0) is 12.9. The largest absolute Gasteiger partial charge is 0.224 e. The molecule has 0 fully saturated rings. The van der Waals surface area contributed by atoms with Crippen molar-refractivity contribution in [3.8, 4) is 0 Å². The molecule has 1 rings (SSSR count). The highest BCUT2D eigenvalue weighted by atomic mass is 35.5. The van der Waals surface area contributed by atoms with Crippen molar-refractivity contribution in [2.24, 2.45) is 0 Å². The summed E-state index contributed by atoms with van der Waals surface area (Å²) in [6.45, 7) is 3.72. The van der Waals surface area contributed by atoms with Crippen LogP contribution in [0.25, 0.3) is 0 Å². The third kappa shape index (κ3) is 4.86. The SMILES string of the molecule is [CH2]CCCCCS(=O)(=O)c1cc(Cl)cc(Cl)c1. The highest BCUT2D eigenvalue weighted by Crippen LogP contribution is 2.23. The Kier molecular flexibility index (Phi) is 5.77. The molecule has 1 radical (unpaired) electrons. The second kappa shape index (κ2) is 6.62. The van der Waals surface area contributed by atoms with Crippen LogP contribution in [0.1, 0.15) is 25.7 Å². The lowest BCUT2D eigenvalue weighted by molar-refractivity contribution is 0.590. The van der Waals surface area contributed by atoms with Gasteiger partial charge < -0.3 is 0 Å². The molecule has 1 aromatic rings. The van der Waals surface area contributed by atoms with Crippen molar-refractivity contribution < 1.29 is 8.42 Å². The average Bonchev–Trinajstić information content (AvgIpc) is 2.23. The summed E-state index contributed by atoms with van der Waals surface area (Å²) in [5, 5.41) is 0.683. The maximum Gasteiger partial charge on any atom is 0.178 e. The molecule has 0 bridgehead atoms. The van der Waals surface area contributed by atoms with Crippen molar-refractivity contribution in [2.45, 2.75) is 30.6 Å². The Bertz CT molecular complexity index is 449. The van der Waals surface area contributed by atoms with Gasteiger partial charge in [0.05, 0.1) is 10.6 Å². The second-order valence-corrected chi connectivity index (χ2v) is 6.82. The van der Waals surface area contributed by atoms with Crippen LogP contribution >= 0.6 is 23.2 Å². The van der Waals surface area contributed by atoms with E-state index in [1.54, 1.807) is 0 Å². The van der Waals surface area contributed by atoms with E-state index in [4.69, 9.17) is 23.2 Å². The Morgan fingerprint density at radius 1 is 1.00 bits per heavy atom. The van der Waals surface area contributed by atoms with Crippen LogP contribution in [0.15, 0.2) is 23.1 Å². The third-order valence-corrected chi connectivity index (χ3v) is 4.57. The van der Waals surface area contributed by atoms with Gasteiger partial charge in [0, 0.05) is 10.0 Å². The first-order chi connectivity index (χ1) is 7.95. The Balaban J connectivity index is 2.75. The van der Waals surface area contributed by atoms with Gasteiger partial charge in [-0.3, -0.25) is 0 Å². The topological polar surface area (TPSA) is 34.1 Å². The minimum absolute atomic E-state index is 0.129. The average molecular weight is 294 g/mol. The molecule has 1 aromatic carbocycles. The summed E-state index contributed by atoms with van der Waals surface area (Å²) in [6.07, 6.45) is 3.30. The summed E-state index contributed by atoms with van der Waals surface area (Å²) in [7, 11) is -3.28. The van der Waals surface area contributed by atoms with Crippen LogP contribution in [0, 0.1) is 6.92 Å². The molecule has 0 unspecified atom stereocenters. The number of hydrogen-bond donors (Lipinski definition) is 0. The summed E-state index contributed by atoms with van der Waals surface area (Å²) in [4.78, 5) is 0.199. The van der Waals surface area contributed by atoms with Crippen LogP contribution < -0.4 is 0 Å². The lowest BCUT2D eigenvalue weighted by Crippen LogP contribution is -2.06. The predicted molar refractivity (Wildman–Crippen MR) is 72.3 cm³/mol. The molecule has 0 N–H and O–H groups in total. The second-order valence-electron chi connectivity index (χ2n) is 3.84. The van der Waals surface area contributed by atoms with E-state index >= 15 is 0 Å². The van der Waals surface area contributed by atoms with E-state index in [-0.39, 0.29) is 10.6 Å². The Morgan fingerprint density at radius 3 is 2.12 bits per heavy atom. The van der Waals surface area contributed by atoms with Crippen molar-refractivity contribution in [3.63, 3.8) is 0 Å². The molecule has 0 spiro atoms. The monoisotopic (exact) mass is 293 g/mol. The van der Waals surface area contributed by atoms with Crippen LogP contribution in [0.5, 0.6) is 0 Å². The van der Waals surface area contributed by atoms with Crippen molar-refractivity contribution in [1.82, 2.24) is 0 Å². The van der Waals surface area contributed by atoms with Crippen LogP contribution in [0.3, 0.4) is 0 Å². The molecule has 2 nitrogen and oxygen atoms in total. The molecule has 5 heteroatoms. The number of benzene rings is 1. The number of rotatable bonds is 6. The third-order valence-electron chi connectivity index (χ3n) is 2.36. The maximum atomic E-state index is 12.0. The number of unbranched alkanes of at least 4 members (excludes halogenated alkanes) is 3. The first-order valence-corrected chi connectivity index (χ1v) is 7.84. The fourth-order valence-electron chi connectivity index (χ4n) is 1.47. The standard InChI is InChI=1S/C12H15Cl2O2S/c1-2-3-4-5-6-17(15,16)12-8-10(13)7-11(14)9-12/h7-9H,1-6H2. The van der Waals surface area contributed by atoms with Crippen LogP contribution in [-0.2, 0) is 9.84 Å². The zero-order valence-corrected chi connectivity index (χ0v) is 11.8. The van der Waals surface area contributed by atoms with Gasteiger partial charge in [-0.05, 0) is 24.6 Å². The molecule has 0 amide bonds. The fraction of sp³-hybridized carbons (Fsp3) is 0.417. The summed E-state index contributed by atoms with van der Waals surface area (Å²) < 4.78 is 23.9. The number of hydrogen-bond acceptors (Lipinski definition) is 2. The smallest absolute Gasteiger partial charge is 0.178 e. The van der Waals surface area contributed by atoms with Crippen molar-refractivity contribution in [2.75, 3.05) is 5.75 Å². The molecule has 0 atom stereocenters. The lowest BCUT2D eigenvalue weighted by atomic mass is 10.2. The van der Waals surface area contributed by atoms with Crippen LogP contribution in [0.2, 0.25) is 10.0 Å². The van der Waals surface area contributed by atoms with Crippen molar-refractivity contribution in [1.29, 1.82) is 0 Å². The van der Waals surface area contributed by atoms with Gasteiger partial charge >= 0.3 is 0 Å². The summed E-state index contributed by atoms with van der Waals surface area (Å²) in [5.41, 5.74) is 0. The van der Waals surface area contributed by atoms with E-state index in [2.05, 4.69) is 6.92 Å². The quantitative estimate of drug-likeness (QED) is 0.738.